The van der Waals surface area contributed by atoms with Crippen molar-refractivity contribution in [2.75, 3.05) is 31.1 Å². The van der Waals surface area contributed by atoms with E-state index >= 15 is 4.39 Å². The van der Waals surface area contributed by atoms with Crippen LogP contribution in [0.2, 0.25) is 0 Å². The second kappa shape index (κ2) is 14.9. The van der Waals surface area contributed by atoms with Gasteiger partial charge in [0.05, 0.1) is 17.8 Å². The smallest absolute Gasteiger partial charge is 0.409 e. The number of carbonyl (C=O) groups is 3. The molecule has 5 rings (SSSR count). The maximum absolute atomic E-state index is 15.2. The Hall–Kier alpha value is -5.23. The van der Waals surface area contributed by atoms with E-state index in [0.717, 1.165) is 6.07 Å². The number of carbonyl (C=O) groups excluding carboxylic acids is 3. The summed E-state index contributed by atoms with van der Waals surface area (Å²) in [5.74, 6) is -2.41. The van der Waals surface area contributed by atoms with Crippen LogP contribution in [-0.2, 0) is 40.2 Å². The second-order valence-electron chi connectivity index (χ2n) is 13.4. The number of alkyl halides is 3. The van der Waals surface area contributed by atoms with Gasteiger partial charge in [-0.15, -0.1) is 4.98 Å². The molecule has 0 unspecified atom stereocenters. The summed E-state index contributed by atoms with van der Waals surface area (Å²) in [4.78, 5) is 49.6. The fourth-order valence-corrected chi connectivity index (χ4v) is 6.10. The lowest BCUT2D eigenvalue weighted by molar-refractivity contribution is -0.155. The Kier molecular flexibility index (Phi) is 10.8. The van der Waals surface area contributed by atoms with E-state index in [1.165, 1.54) is 17.2 Å². The van der Waals surface area contributed by atoms with Gasteiger partial charge in [-0.1, -0.05) is 24.8 Å². The number of fused-ring (bicyclic) bond motifs is 1. The Morgan fingerprint density at radius 1 is 1.08 bits per heavy atom. The first-order valence-corrected chi connectivity index (χ1v) is 16.3. The summed E-state index contributed by atoms with van der Waals surface area (Å²) in [5.41, 5.74) is 6.03. The molecule has 0 saturated carbocycles. The molecule has 0 radical (unpaired) electrons. The average Bonchev–Trinajstić information content (AvgIpc) is 3.39. The molecule has 11 nitrogen and oxygen atoms in total. The van der Waals surface area contributed by atoms with Gasteiger partial charge in [0.25, 0.3) is 11.7 Å². The SMILES string of the molecule is [C-]#[N+]c1ncc(N2CCN(Cc3ccc(COc4cccc5c4CN([C@@H](CCC(=O)OC(C)(C)C)C(N)=O)C5=O)cc3F)CC2)cc1C(F)(F)F. The van der Waals surface area contributed by atoms with E-state index in [2.05, 4.69) is 9.83 Å². The summed E-state index contributed by atoms with van der Waals surface area (Å²) in [5, 5.41) is 0. The number of benzene rings is 2. The van der Waals surface area contributed by atoms with Crippen molar-refractivity contribution < 1.29 is 41.4 Å². The monoisotopic (exact) mass is 710 g/mol. The van der Waals surface area contributed by atoms with Crippen molar-refractivity contribution in [3.05, 3.63) is 93.7 Å². The third-order valence-corrected chi connectivity index (χ3v) is 8.61. The molecule has 3 heterocycles. The molecular formula is C36H38F4N6O5. The van der Waals surface area contributed by atoms with Crippen LogP contribution >= 0.6 is 0 Å². The van der Waals surface area contributed by atoms with Gasteiger partial charge in [0, 0.05) is 55.8 Å². The first kappa shape index (κ1) is 37.0. The summed E-state index contributed by atoms with van der Waals surface area (Å²) in [6.07, 6.45) is -3.53. The highest BCUT2D eigenvalue weighted by Crippen LogP contribution is 2.38. The first-order valence-electron chi connectivity index (χ1n) is 16.3. The Labute approximate surface area is 292 Å². The minimum atomic E-state index is -4.69. The molecule has 2 aromatic carbocycles. The number of ether oxygens (including phenoxy) is 2. The molecule has 0 bridgehead atoms. The molecule has 51 heavy (non-hydrogen) atoms. The quantitative estimate of drug-likeness (QED) is 0.155. The Morgan fingerprint density at radius 3 is 2.43 bits per heavy atom. The number of hydrogen-bond donors (Lipinski definition) is 1. The molecule has 2 aliphatic rings. The molecule has 1 atom stereocenters. The minimum Gasteiger partial charge on any atom is -0.489 e. The van der Waals surface area contributed by atoms with Crippen molar-refractivity contribution in [1.82, 2.24) is 14.8 Å². The van der Waals surface area contributed by atoms with Crippen LogP contribution in [0.5, 0.6) is 5.75 Å². The number of anilines is 1. The molecule has 2 amide bonds. The molecular weight excluding hydrogens is 672 g/mol. The van der Waals surface area contributed by atoms with Crippen LogP contribution in [-0.4, -0.2) is 70.4 Å². The molecule has 270 valence electrons. The number of esters is 1. The second-order valence-corrected chi connectivity index (χ2v) is 13.4. The normalized spacial score (nSPS) is 15.7. The third kappa shape index (κ3) is 8.93. The summed E-state index contributed by atoms with van der Waals surface area (Å²) in [6.45, 7) is 14.3. The fourth-order valence-electron chi connectivity index (χ4n) is 6.10. The zero-order valence-corrected chi connectivity index (χ0v) is 28.4. The van der Waals surface area contributed by atoms with Crippen LogP contribution in [0.3, 0.4) is 0 Å². The molecule has 1 saturated heterocycles. The van der Waals surface area contributed by atoms with Crippen molar-refractivity contribution >= 4 is 29.3 Å². The summed E-state index contributed by atoms with van der Waals surface area (Å²) >= 11 is 0. The van der Waals surface area contributed by atoms with E-state index in [1.807, 2.05) is 4.90 Å². The van der Waals surface area contributed by atoms with Crippen LogP contribution in [0.4, 0.5) is 29.1 Å². The van der Waals surface area contributed by atoms with E-state index in [4.69, 9.17) is 21.8 Å². The Balaban J connectivity index is 1.17. The van der Waals surface area contributed by atoms with Crippen LogP contribution in [0, 0.1) is 12.4 Å². The van der Waals surface area contributed by atoms with Crippen LogP contribution < -0.4 is 15.4 Å². The Morgan fingerprint density at radius 2 is 1.80 bits per heavy atom. The van der Waals surface area contributed by atoms with Gasteiger partial charge in [-0.2, -0.15) is 13.2 Å². The molecule has 2 N–H and O–H groups in total. The number of rotatable bonds is 11. The van der Waals surface area contributed by atoms with Crippen molar-refractivity contribution in [2.24, 2.45) is 5.73 Å². The number of piperazine rings is 1. The van der Waals surface area contributed by atoms with Crippen molar-refractivity contribution in [3.8, 4) is 5.75 Å². The van der Waals surface area contributed by atoms with Gasteiger partial charge < -0.3 is 29.9 Å². The minimum absolute atomic E-state index is 0.000247. The summed E-state index contributed by atoms with van der Waals surface area (Å²) in [7, 11) is 0. The number of halogens is 4. The van der Waals surface area contributed by atoms with Crippen molar-refractivity contribution in [1.29, 1.82) is 0 Å². The van der Waals surface area contributed by atoms with Gasteiger partial charge in [0.15, 0.2) is 0 Å². The van der Waals surface area contributed by atoms with E-state index in [1.54, 1.807) is 56.0 Å². The summed E-state index contributed by atoms with van der Waals surface area (Å²) < 4.78 is 66.8. The maximum Gasteiger partial charge on any atom is 0.409 e. The number of nitrogens with zero attached hydrogens (tertiary/aromatic N) is 5. The topological polar surface area (TPSA) is 123 Å². The third-order valence-electron chi connectivity index (χ3n) is 8.61. The van der Waals surface area contributed by atoms with Gasteiger partial charge in [0.1, 0.15) is 36.0 Å². The van der Waals surface area contributed by atoms with Crippen LogP contribution in [0.25, 0.3) is 4.85 Å². The van der Waals surface area contributed by atoms with Crippen molar-refractivity contribution in [2.45, 2.75) is 71.1 Å². The van der Waals surface area contributed by atoms with Crippen LogP contribution in [0.15, 0.2) is 48.7 Å². The van der Waals surface area contributed by atoms with E-state index in [-0.39, 0.29) is 31.7 Å². The number of aromatic nitrogens is 1. The van der Waals surface area contributed by atoms with Gasteiger partial charge in [-0.3, -0.25) is 19.3 Å². The predicted octanol–water partition coefficient (Wildman–Crippen LogP) is 5.62. The maximum atomic E-state index is 15.2. The molecule has 15 heteroatoms. The highest BCUT2D eigenvalue weighted by molar-refractivity contribution is 6.01. The van der Waals surface area contributed by atoms with Gasteiger partial charge in [-0.05, 0) is 57.0 Å². The molecule has 0 spiro atoms. The van der Waals surface area contributed by atoms with E-state index < -0.39 is 52.8 Å². The zero-order valence-electron chi connectivity index (χ0n) is 28.4. The highest BCUT2D eigenvalue weighted by atomic mass is 19.4. The number of nitrogens with two attached hydrogens (primary N) is 1. The van der Waals surface area contributed by atoms with Crippen molar-refractivity contribution in [3.63, 3.8) is 0 Å². The number of hydrogen-bond acceptors (Lipinski definition) is 8. The lowest BCUT2D eigenvalue weighted by Crippen LogP contribution is -2.46. The molecule has 2 aliphatic heterocycles. The average molecular weight is 711 g/mol. The largest absolute Gasteiger partial charge is 0.489 e. The predicted molar refractivity (Wildman–Crippen MR) is 178 cm³/mol. The first-order chi connectivity index (χ1) is 24.0. The standard InChI is InChI=1S/C36H38F4N6O5/c1-35(2,3)51-31(47)11-10-29(32(41)48)46-20-26-25(34(46)49)6-5-7-30(26)50-21-22-8-9-23(28(37)16-22)19-44-12-14-45(15-13-44)24-17-27(36(38,39)40)33(42-4)43-18-24/h5-9,16-18,29H,10-15,19-21H2,1-3H3,(H2,41,48)/t29-/m0/s1. The van der Waals surface area contributed by atoms with Gasteiger partial charge in [-0.25, -0.2) is 4.39 Å². The zero-order chi connectivity index (χ0) is 37.1. The Bertz CT molecular complexity index is 1850. The molecule has 1 aromatic heterocycles. The fraction of sp³-hybridized carbons (Fsp3) is 0.417. The van der Waals surface area contributed by atoms with E-state index in [0.29, 0.717) is 60.7 Å². The number of amides is 2. The van der Waals surface area contributed by atoms with Gasteiger partial charge in [0.2, 0.25) is 5.91 Å². The highest BCUT2D eigenvalue weighted by Gasteiger charge is 2.38. The van der Waals surface area contributed by atoms with Gasteiger partial charge >= 0.3 is 12.1 Å². The molecule has 3 aromatic rings. The lowest BCUT2D eigenvalue weighted by atomic mass is 10.1. The molecule has 1 fully saturated rings. The number of primary amides is 1. The lowest BCUT2D eigenvalue weighted by Gasteiger charge is -2.36. The van der Waals surface area contributed by atoms with Crippen LogP contribution in [0.1, 0.15) is 66.2 Å². The number of pyridine rings is 1. The molecule has 0 aliphatic carbocycles. The summed E-state index contributed by atoms with van der Waals surface area (Å²) in [6, 6.07) is 9.62. The van der Waals surface area contributed by atoms with E-state index in [9.17, 15) is 27.6 Å².